The third-order valence-electron chi connectivity index (χ3n) is 3.03. The number of rotatable bonds is 5. The molecule has 0 unspecified atom stereocenters. The van der Waals surface area contributed by atoms with Crippen LogP contribution < -0.4 is 4.74 Å². The molecule has 2 rings (SSSR count). The van der Waals surface area contributed by atoms with Gasteiger partial charge in [-0.15, -0.1) is 0 Å². The van der Waals surface area contributed by atoms with Crippen molar-refractivity contribution in [2.24, 2.45) is 0 Å². The summed E-state index contributed by atoms with van der Waals surface area (Å²) in [6.07, 6.45) is 3.50. The Hall–Kier alpha value is -2.35. The fourth-order valence-corrected chi connectivity index (χ4v) is 1.96. The second kappa shape index (κ2) is 6.89. The molecule has 0 N–H and O–H groups in total. The molecule has 0 bridgehead atoms. The fraction of sp³-hybridized carbons (Fsp3) is 0.211. The maximum absolute atomic E-state index is 12.1. The van der Waals surface area contributed by atoms with Crippen molar-refractivity contribution in [2.45, 2.75) is 26.9 Å². The molecule has 0 saturated heterocycles. The lowest BCUT2D eigenvalue weighted by Crippen LogP contribution is -2.06. The average Bonchev–Trinajstić information content (AvgIpc) is 2.46. The Balaban J connectivity index is 2.17. The van der Waals surface area contributed by atoms with Gasteiger partial charge in [0.05, 0.1) is 6.10 Å². The highest BCUT2D eigenvalue weighted by Gasteiger charge is 2.04. The highest BCUT2D eigenvalue weighted by Crippen LogP contribution is 2.21. The van der Waals surface area contributed by atoms with Gasteiger partial charge in [-0.1, -0.05) is 48.0 Å². The average molecular weight is 280 g/mol. The van der Waals surface area contributed by atoms with E-state index in [1.165, 1.54) is 0 Å². The van der Waals surface area contributed by atoms with Crippen molar-refractivity contribution in [3.8, 4) is 5.75 Å². The number of ketones is 1. The van der Waals surface area contributed by atoms with Gasteiger partial charge in [-0.05, 0) is 39.0 Å². The smallest absolute Gasteiger partial charge is 0.185 e. The van der Waals surface area contributed by atoms with Crippen molar-refractivity contribution < 1.29 is 9.53 Å². The van der Waals surface area contributed by atoms with Crippen LogP contribution in [0.5, 0.6) is 5.75 Å². The molecule has 21 heavy (non-hydrogen) atoms. The molecule has 0 radical (unpaired) electrons. The van der Waals surface area contributed by atoms with Crippen molar-refractivity contribution in [3.63, 3.8) is 0 Å². The molecule has 0 amide bonds. The van der Waals surface area contributed by atoms with Crippen LogP contribution in [0, 0.1) is 6.92 Å². The summed E-state index contributed by atoms with van der Waals surface area (Å²) in [5.74, 6) is 0.787. The summed E-state index contributed by atoms with van der Waals surface area (Å²) in [5.41, 5.74) is 2.75. The van der Waals surface area contributed by atoms with E-state index < -0.39 is 0 Å². The predicted molar refractivity (Wildman–Crippen MR) is 86.7 cm³/mol. The molecule has 0 saturated carbocycles. The largest absolute Gasteiger partial charge is 0.490 e. The van der Waals surface area contributed by atoms with Crippen LogP contribution in [0.15, 0.2) is 54.6 Å². The number of carbonyl (C=O) groups is 1. The van der Waals surface area contributed by atoms with Gasteiger partial charge in [-0.3, -0.25) is 4.79 Å². The maximum Gasteiger partial charge on any atom is 0.185 e. The first-order chi connectivity index (χ1) is 10.1. The molecule has 0 aliphatic heterocycles. The van der Waals surface area contributed by atoms with Gasteiger partial charge in [0, 0.05) is 11.1 Å². The zero-order chi connectivity index (χ0) is 15.2. The van der Waals surface area contributed by atoms with Crippen LogP contribution in [-0.2, 0) is 0 Å². The molecule has 2 heteroatoms. The summed E-state index contributed by atoms with van der Waals surface area (Å²) >= 11 is 0. The lowest BCUT2D eigenvalue weighted by Gasteiger charge is -2.11. The molecule has 2 aromatic carbocycles. The number of benzene rings is 2. The fourth-order valence-electron chi connectivity index (χ4n) is 1.96. The van der Waals surface area contributed by atoms with Gasteiger partial charge in [0.25, 0.3) is 0 Å². The molecule has 2 aromatic rings. The number of carbonyl (C=O) groups excluding carboxylic acids is 1. The Bertz CT molecular complexity index is 637. The first kappa shape index (κ1) is 15.0. The van der Waals surface area contributed by atoms with E-state index in [2.05, 4.69) is 0 Å². The summed E-state index contributed by atoms with van der Waals surface area (Å²) < 4.78 is 5.74. The third kappa shape index (κ3) is 4.32. The van der Waals surface area contributed by atoms with E-state index in [1.54, 1.807) is 12.2 Å². The Labute approximate surface area is 126 Å². The number of hydrogen-bond donors (Lipinski definition) is 0. The van der Waals surface area contributed by atoms with Gasteiger partial charge < -0.3 is 4.74 Å². The molecule has 0 fully saturated rings. The maximum atomic E-state index is 12.1. The van der Waals surface area contributed by atoms with Crippen LogP contribution in [0.25, 0.3) is 6.08 Å². The molecular weight excluding hydrogens is 260 g/mol. The Morgan fingerprint density at radius 2 is 1.71 bits per heavy atom. The Morgan fingerprint density at radius 3 is 2.38 bits per heavy atom. The summed E-state index contributed by atoms with van der Waals surface area (Å²) in [6, 6.07) is 15.3. The molecule has 0 aliphatic rings. The topological polar surface area (TPSA) is 26.3 Å². The van der Waals surface area contributed by atoms with E-state index in [9.17, 15) is 4.79 Å². The van der Waals surface area contributed by atoms with Crippen molar-refractivity contribution in [2.75, 3.05) is 0 Å². The van der Waals surface area contributed by atoms with Crippen LogP contribution in [0.1, 0.15) is 35.3 Å². The van der Waals surface area contributed by atoms with Crippen molar-refractivity contribution in [1.82, 2.24) is 0 Å². The molecule has 0 spiro atoms. The van der Waals surface area contributed by atoms with E-state index in [-0.39, 0.29) is 11.9 Å². The molecule has 0 aromatic heterocycles. The minimum atomic E-state index is -0.00523. The van der Waals surface area contributed by atoms with Gasteiger partial charge in [0.2, 0.25) is 0 Å². The van der Waals surface area contributed by atoms with Crippen LogP contribution in [-0.4, -0.2) is 11.9 Å². The predicted octanol–water partition coefficient (Wildman–Crippen LogP) is 4.68. The summed E-state index contributed by atoms with van der Waals surface area (Å²) in [6.45, 7) is 5.97. The zero-order valence-corrected chi connectivity index (χ0v) is 12.7. The van der Waals surface area contributed by atoms with E-state index in [0.717, 1.165) is 16.9 Å². The Morgan fingerprint density at radius 1 is 1.05 bits per heavy atom. The van der Waals surface area contributed by atoms with E-state index in [0.29, 0.717) is 5.56 Å². The van der Waals surface area contributed by atoms with Gasteiger partial charge in [0.1, 0.15) is 5.75 Å². The lowest BCUT2D eigenvalue weighted by atomic mass is 10.1. The summed E-state index contributed by atoms with van der Waals surface area (Å²) in [4.78, 5) is 12.1. The Kier molecular flexibility index (Phi) is 4.94. The number of para-hydroxylation sites is 1. The standard InChI is InChI=1S/C19H20O2/c1-14(2)21-19-7-5-4-6-17(19)12-13-18(20)16-10-8-15(3)9-11-16/h4-14H,1-3H3/b13-12+. The quantitative estimate of drug-likeness (QED) is 0.587. The first-order valence-corrected chi connectivity index (χ1v) is 7.11. The van der Waals surface area contributed by atoms with Gasteiger partial charge in [-0.2, -0.15) is 0 Å². The van der Waals surface area contributed by atoms with Crippen LogP contribution >= 0.6 is 0 Å². The molecular formula is C19H20O2. The van der Waals surface area contributed by atoms with E-state index >= 15 is 0 Å². The molecule has 2 nitrogen and oxygen atoms in total. The first-order valence-electron chi connectivity index (χ1n) is 7.11. The van der Waals surface area contributed by atoms with E-state index in [4.69, 9.17) is 4.74 Å². The van der Waals surface area contributed by atoms with Crippen molar-refractivity contribution in [1.29, 1.82) is 0 Å². The number of allylic oxidation sites excluding steroid dienone is 1. The minimum Gasteiger partial charge on any atom is -0.490 e. The number of hydrogen-bond acceptors (Lipinski definition) is 2. The van der Waals surface area contributed by atoms with Gasteiger partial charge in [-0.25, -0.2) is 0 Å². The number of ether oxygens (including phenoxy) is 1. The third-order valence-corrected chi connectivity index (χ3v) is 3.03. The van der Waals surface area contributed by atoms with E-state index in [1.807, 2.05) is 69.3 Å². The van der Waals surface area contributed by atoms with Crippen LogP contribution in [0.4, 0.5) is 0 Å². The number of aryl methyl sites for hydroxylation is 1. The van der Waals surface area contributed by atoms with Gasteiger partial charge >= 0.3 is 0 Å². The highest BCUT2D eigenvalue weighted by atomic mass is 16.5. The summed E-state index contributed by atoms with van der Waals surface area (Å²) in [5, 5.41) is 0. The normalized spacial score (nSPS) is 11.0. The molecule has 0 aliphatic carbocycles. The summed E-state index contributed by atoms with van der Waals surface area (Å²) in [7, 11) is 0. The molecule has 0 atom stereocenters. The highest BCUT2D eigenvalue weighted by molar-refractivity contribution is 6.06. The van der Waals surface area contributed by atoms with Crippen molar-refractivity contribution >= 4 is 11.9 Å². The van der Waals surface area contributed by atoms with Crippen molar-refractivity contribution in [3.05, 3.63) is 71.3 Å². The monoisotopic (exact) mass is 280 g/mol. The van der Waals surface area contributed by atoms with Gasteiger partial charge in [0.15, 0.2) is 5.78 Å². The zero-order valence-electron chi connectivity index (χ0n) is 12.7. The second-order valence-electron chi connectivity index (χ2n) is 5.27. The SMILES string of the molecule is Cc1ccc(C(=O)/C=C/c2ccccc2OC(C)C)cc1. The molecule has 108 valence electrons. The van der Waals surface area contributed by atoms with Crippen LogP contribution in [0.3, 0.4) is 0 Å². The lowest BCUT2D eigenvalue weighted by molar-refractivity contribution is 0.104. The molecule has 0 heterocycles. The minimum absolute atomic E-state index is 0.00523. The second-order valence-corrected chi connectivity index (χ2v) is 5.27. The van der Waals surface area contributed by atoms with Crippen LogP contribution in [0.2, 0.25) is 0 Å².